The Labute approximate surface area is 171 Å². The molecule has 0 aromatic carbocycles. The number of carbonyl (C=O) groups is 1. The SMILES string of the molecule is C=CCCCCN(C)C[C@@]12C[C@@H](C(=O)Cc3nc(Br)ccc3C=C)N[C@@H]1C2. The number of pyridine rings is 1. The van der Waals surface area contributed by atoms with E-state index in [-0.39, 0.29) is 11.8 Å². The minimum atomic E-state index is -0.0450. The zero-order chi connectivity index (χ0) is 19.4. The second kappa shape index (κ2) is 8.80. The van der Waals surface area contributed by atoms with Gasteiger partial charge in [0, 0.05) is 18.0 Å². The molecule has 0 bridgehead atoms. The lowest BCUT2D eigenvalue weighted by Gasteiger charge is -2.23. The van der Waals surface area contributed by atoms with E-state index in [0.29, 0.717) is 17.9 Å². The number of fused-ring (bicyclic) bond motifs is 1. The Balaban J connectivity index is 1.52. The number of piperidine rings is 1. The molecular formula is C22H30BrN3O. The molecule has 3 atom stereocenters. The molecule has 0 spiro atoms. The van der Waals surface area contributed by atoms with Crippen molar-refractivity contribution >= 4 is 27.8 Å². The van der Waals surface area contributed by atoms with Crippen LogP contribution in [0.4, 0.5) is 0 Å². The molecule has 27 heavy (non-hydrogen) atoms. The summed E-state index contributed by atoms with van der Waals surface area (Å²) in [6, 6.07) is 4.29. The molecule has 1 aromatic heterocycles. The highest BCUT2D eigenvalue weighted by Gasteiger charge is 2.61. The number of nitrogens with zero attached hydrogens (tertiary/aromatic N) is 2. The molecule has 1 aromatic rings. The van der Waals surface area contributed by atoms with Crippen LogP contribution in [0.25, 0.3) is 6.08 Å². The molecule has 1 saturated heterocycles. The van der Waals surface area contributed by atoms with Gasteiger partial charge in [0.15, 0.2) is 5.78 Å². The van der Waals surface area contributed by atoms with E-state index in [9.17, 15) is 4.79 Å². The van der Waals surface area contributed by atoms with Crippen LogP contribution in [0.2, 0.25) is 0 Å². The summed E-state index contributed by atoms with van der Waals surface area (Å²) in [6.45, 7) is 9.81. The van der Waals surface area contributed by atoms with Gasteiger partial charge in [-0.05, 0) is 73.3 Å². The van der Waals surface area contributed by atoms with Crippen LogP contribution < -0.4 is 5.32 Å². The molecule has 2 heterocycles. The fourth-order valence-electron chi connectivity index (χ4n) is 4.35. The minimum Gasteiger partial charge on any atom is -0.306 e. The maximum Gasteiger partial charge on any atom is 0.155 e. The summed E-state index contributed by atoms with van der Waals surface area (Å²) >= 11 is 3.40. The van der Waals surface area contributed by atoms with Crippen molar-refractivity contribution in [2.45, 2.75) is 50.6 Å². The first kappa shape index (κ1) is 20.4. The molecule has 0 unspecified atom stereocenters. The molecule has 4 nitrogen and oxygen atoms in total. The number of rotatable bonds is 11. The number of aromatic nitrogens is 1. The highest BCUT2D eigenvalue weighted by Crippen LogP contribution is 2.55. The number of nitrogens with one attached hydrogen (secondary N) is 1. The van der Waals surface area contributed by atoms with Gasteiger partial charge in [-0.2, -0.15) is 0 Å². The van der Waals surface area contributed by atoms with Crippen LogP contribution in [0, 0.1) is 5.41 Å². The average molecular weight is 432 g/mol. The van der Waals surface area contributed by atoms with E-state index in [1.54, 1.807) is 6.08 Å². The van der Waals surface area contributed by atoms with Crippen LogP contribution in [0.5, 0.6) is 0 Å². The van der Waals surface area contributed by atoms with Gasteiger partial charge in [0.05, 0.1) is 18.2 Å². The number of carbonyl (C=O) groups excluding carboxylic acids is 1. The summed E-state index contributed by atoms with van der Waals surface area (Å²) in [6.07, 6.45) is 9.77. The van der Waals surface area contributed by atoms with Crippen LogP contribution in [0.3, 0.4) is 0 Å². The van der Waals surface area contributed by atoms with Crippen molar-refractivity contribution in [3.8, 4) is 0 Å². The number of halogens is 1. The van der Waals surface area contributed by atoms with E-state index in [1.165, 1.54) is 19.3 Å². The predicted molar refractivity (Wildman–Crippen MR) is 115 cm³/mol. The van der Waals surface area contributed by atoms with E-state index >= 15 is 0 Å². The monoisotopic (exact) mass is 431 g/mol. The fourth-order valence-corrected chi connectivity index (χ4v) is 4.70. The van der Waals surface area contributed by atoms with Crippen molar-refractivity contribution in [2.24, 2.45) is 5.41 Å². The first-order valence-electron chi connectivity index (χ1n) is 9.83. The summed E-state index contributed by atoms with van der Waals surface area (Å²) in [5, 5.41) is 3.57. The highest BCUT2D eigenvalue weighted by atomic mass is 79.9. The van der Waals surface area contributed by atoms with Gasteiger partial charge >= 0.3 is 0 Å². The third-order valence-electron chi connectivity index (χ3n) is 5.91. The zero-order valence-corrected chi connectivity index (χ0v) is 17.8. The van der Waals surface area contributed by atoms with E-state index in [2.05, 4.69) is 51.3 Å². The van der Waals surface area contributed by atoms with Gasteiger partial charge in [0.2, 0.25) is 0 Å². The Bertz CT molecular complexity index is 720. The van der Waals surface area contributed by atoms with Crippen molar-refractivity contribution in [1.29, 1.82) is 0 Å². The number of hydrogen-bond acceptors (Lipinski definition) is 4. The summed E-state index contributed by atoms with van der Waals surface area (Å²) in [4.78, 5) is 19.8. The highest BCUT2D eigenvalue weighted by molar-refractivity contribution is 9.10. The number of hydrogen-bond donors (Lipinski definition) is 1. The molecule has 3 rings (SSSR count). The Morgan fingerprint density at radius 1 is 1.41 bits per heavy atom. The summed E-state index contributed by atoms with van der Waals surface area (Å²) in [5.41, 5.74) is 2.03. The Hall–Kier alpha value is -1.30. The number of unbranched alkanes of at least 4 members (excludes halogenated alkanes) is 2. The lowest BCUT2D eigenvalue weighted by Crippen LogP contribution is -2.35. The topological polar surface area (TPSA) is 45.2 Å². The molecule has 2 aliphatic rings. The van der Waals surface area contributed by atoms with Crippen molar-refractivity contribution in [2.75, 3.05) is 20.1 Å². The van der Waals surface area contributed by atoms with Crippen LogP contribution >= 0.6 is 15.9 Å². The van der Waals surface area contributed by atoms with Crippen LogP contribution in [0.1, 0.15) is 43.4 Å². The van der Waals surface area contributed by atoms with Crippen LogP contribution in [-0.2, 0) is 11.2 Å². The molecule has 0 amide bonds. The quantitative estimate of drug-likeness (QED) is 0.326. The second-order valence-corrected chi connectivity index (χ2v) is 8.89. The van der Waals surface area contributed by atoms with Crippen LogP contribution in [-0.4, -0.2) is 47.9 Å². The van der Waals surface area contributed by atoms with E-state index < -0.39 is 0 Å². The third kappa shape index (κ3) is 4.95. The Morgan fingerprint density at radius 3 is 2.96 bits per heavy atom. The molecule has 1 aliphatic heterocycles. The number of ketones is 1. The van der Waals surface area contributed by atoms with Gasteiger partial charge < -0.3 is 10.2 Å². The normalized spacial score (nSPS) is 26.0. The van der Waals surface area contributed by atoms with Gasteiger partial charge in [-0.15, -0.1) is 6.58 Å². The smallest absolute Gasteiger partial charge is 0.155 e. The molecule has 1 N–H and O–H groups in total. The lowest BCUT2D eigenvalue weighted by molar-refractivity contribution is -0.120. The molecule has 2 fully saturated rings. The van der Waals surface area contributed by atoms with Crippen LogP contribution in [0.15, 0.2) is 36.0 Å². The first-order chi connectivity index (χ1) is 13.0. The first-order valence-corrected chi connectivity index (χ1v) is 10.6. The number of Topliss-reactive ketones (excluding diaryl/α,β-unsaturated/α-hetero) is 1. The van der Waals surface area contributed by atoms with Crippen molar-refractivity contribution in [3.05, 3.63) is 47.2 Å². The predicted octanol–water partition coefficient (Wildman–Crippen LogP) is 4.01. The second-order valence-electron chi connectivity index (χ2n) is 8.08. The zero-order valence-electron chi connectivity index (χ0n) is 16.2. The lowest BCUT2D eigenvalue weighted by atomic mass is 9.94. The summed E-state index contributed by atoms with van der Waals surface area (Å²) in [7, 11) is 2.20. The molecule has 1 aliphatic carbocycles. The molecule has 1 saturated carbocycles. The fraction of sp³-hybridized carbons (Fsp3) is 0.545. The van der Waals surface area contributed by atoms with Gasteiger partial charge in [0.25, 0.3) is 0 Å². The van der Waals surface area contributed by atoms with Crippen molar-refractivity contribution in [3.63, 3.8) is 0 Å². The standard InChI is InChI=1S/C22H30BrN3O/c1-4-6-7-8-11-26(3)15-22-13-18(24-20(22)14-22)19(27)12-17-16(5-2)9-10-21(23)25-17/h4-5,9-10,18,20,24H,1-2,6-8,11-15H2,3H3/t18-,20+,22-/m0/s1. The Kier molecular flexibility index (Phi) is 6.66. The van der Waals surface area contributed by atoms with Crippen molar-refractivity contribution in [1.82, 2.24) is 15.2 Å². The van der Waals surface area contributed by atoms with Gasteiger partial charge in [-0.3, -0.25) is 4.79 Å². The largest absolute Gasteiger partial charge is 0.306 e. The summed E-state index contributed by atoms with van der Waals surface area (Å²) < 4.78 is 0.757. The minimum absolute atomic E-state index is 0.0450. The van der Waals surface area contributed by atoms with Crippen molar-refractivity contribution < 1.29 is 4.79 Å². The molecule has 5 heteroatoms. The average Bonchev–Trinajstić information content (AvgIpc) is 3.17. The Morgan fingerprint density at radius 2 is 2.22 bits per heavy atom. The van der Waals surface area contributed by atoms with E-state index in [1.807, 2.05) is 18.2 Å². The van der Waals surface area contributed by atoms with E-state index in [0.717, 1.165) is 41.8 Å². The molecule has 146 valence electrons. The van der Waals surface area contributed by atoms with Gasteiger partial charge in [-0.25, -0.2) is 4.98 Å². The molecule has 0 radical (unpaired) electrons. The summed E-state index contributed by atoms with van der Waals surface area (Å²) in [5.74, 6) is 0.240. The van der Waals surface area contributed by atoms with E-state index in [4.69, 9.17) is 0 Å². The maximum absolute atomic E-state index is 12.9. The third-order valence-corrected chi connectivity index (χ3v) is 6.35. The van der Waals surface area contributed by atoms with Gasteiger partial charge in [-0.1, -0.05) is 24.8 Å². The van der Waals surface area contributed by atoms with Gasteiger partial charge in [0.1, 0.15) is 4.60 Å². The maximum atomic E-state index is 12.9. The molecular weight excluding hydrogens is 402 g/mol. The number of allylic oxidation sites excluding steroid dienone is 1.